The fourth-order valence-corrected chi connectivity index (χ4v) is 3.20. The van der Waals surface area contributed by atoms with Crippen LogP contribution in [-0.4, -0.2) is 43.2 Å². The zero-order chi connectivity index (χ0) is 20.1. The predicted octanol–water partition coefficient (Wildman–Crippen LogP) is 4.18. The number of likely N-dealkylation sites (tertiary alicyclic amines) is 1. The van der Waals surface area contributed by atoms with Crippen molar-refractivity contribution < 1.29 is 14.3 Å². The summed E-state index contributed by atoms with van der Waals surface area (Å²) in [6.45, 7) is 7.97. The van der Waals surface area contributed by atoms with E-state index in [0.717, 1.165) is 42.9 Å². The molecule has 5 heteroatoms. The lowest BCUT2D eigenvalue weighted by Gasteiger charge is -2.29. The Morgan fingerprint density at radius 3 is 2.32 bits per heavy atom. The van der Waals surface area contributed by atoms with Gasteiger partial charge in [-0.1, -0.05) is 6.07 Å². The van der Waals surface area contributed by atoms with Gasteiger partial charge in [0.2, 0.25) is 0 Å². The Labute approximate surface area is 167 Å². The maximum Gasteiger partial charge on any atom is 0.265 e. The number of hydrogen-bond donors (Lipinski definition) is 1. The molecule has 1 atom stereocenters. The maximum atomic E-state index is 12.4. The molecule has 1 unspecified atom stereocenters. The number of carbonyl (C=O) groups is 1. The monoisotopic (exact) mass is 382 g/mol. The van der Waals surface area contributed by atoms with Crippen molar-refractivity contribution in [1.82, 2.24) is 4.90 Å². The van der Waals surface area contributed by atoms with E-state index in [4.69, 9.17) is 9.47 Å². The lowest BCUT2D eigenvalue weighted by Crippen LogP contribution is -2.35. The molecule has 2 aromatic rings. The summed E-state index contributed by atoms with van der Waals surface area (Å²) in [6.07, 6.45) is 1.77. The fourth-order valence-electron chi connectivity index (χ4n) is 3.20. The smallest absolute Gasteiger partial charge is 0.265 e. The van der Waals surface area contributed by atoms with E-state index in [2.05, 4.69) is 24.2 Å². The molecule has 0 radical (unpaired) electrons. The van der Waals surface area contributed by atoms with Gasteiger partial charge in [0.25, 0.3) is 5.91 Å². The van der Waals surface area contributed by atoms with Crippen molar-refractivity contribution in [2.24, 2.45) is 0 Å². The Bertz CT molecular complexity index is 796. The lowest BCUT2D eigenvalue weighted by atomic mass is 10.1. The van der Waals surface area contributed by atoms with Crippen LogP contribution in [0.25, 0.3) is 0 Å². The lowest BCUT2D eigenvalue weighted by molar-refractivity contribution is -0.122. The number of nitrogens with zero attached hydrogens (tertiary/aromatic N) is 1. The summed E-state index contributed by atoms with van der Waals surface area (Å²) in [5, 5.41) is 2.90. The largest absolute Gasteiger partial charge is 0.490 e. The van der Waals surface area contributed by atoms with Crippen LogP contribution in [0.4, 0.5) is 5.69 Å². The first-order valence-electron chi connectivity index (χ1n) is 9.91. The summed E-state index contributed by atoms with van der Waals surface area (Å²) in [6, 6.07) is 13.4. The molecule has 0 spiro atoms. The highest BCUT2D eigenvalue weighted by Gasteiger charge is 2.18. The molecule has 150 valence electrons. The zero-order valence-electron chi connectivity index (χ0n) is 17.2. The maximum absolute atomic E-state index is 12.4. The molecule has 1 N–H and O–H groups in total. The molecule has 0 saturated carbocycles. The van der Waals surface area contributed by atoms with Crippen LogP contribution >= 0.6 is 0 Å². The molecule has 1 saturated heterocycles. The van der Waals surface area contributed by atoms with Gasteiger partial charge in [-0.25, -0.2) is 0 Å². The van der Waals surface area contributed by atoms with Crippen LogP contribution in [-0.2, 0) is 4.79 Å². The Morgan fingerprint density at radius 1 is 1.04 bits per heavy atom. The summed E-state index contributed by atoms with van der Waals surface area (Å²) in [5.41, 5.74) is 3.08. The van der Waals surface area contributed by atoms with Gasteiger partial charge >= 0.3 is 0 Å². The van der Waals surface area contributed by atoms with Gasteiger partial charge in [0.1, 0.15) is 17.6 Å². The third-order valence-corrected chi connectivity index (χ3v) is 5.25. The quantitative estimate of drug-likeness (QED) is 0.814. The van der Waals surface area contributed by atoms with Crippen LogP contribution in [0.5, 0.6) is 11.5 Å². The Morgan fingerprint density at radius 2 is 1.68 bits per heavy atom. The van der Waals surface area contributed by atoms with Crippen LogP contribution in [0.3, 0.4) is 0 Å². The number of rotatable bonds is 6. The van der Waals surface area contributed by atoms with Crippen molar-refractivity contribution in [1.29, 1.82) is 0 Å². The molecule has 1 aliphatic rings. The highest BCUT2D eigenvalue weighted by atomic mass is 16.5. The summed E-state index contributed by atoms with van der Waals surface area (Å²) in [5.74, 6) is 1.36. The van der Waals surface area contributed by atoms with Crippen LogP contribution < -0.4 is 14.8 Å². The highest BCUT2D eigenvalue weighted by Crippen LogP contribution is 2.22. The molecule has 1 fully saturated rings. The van der Waals surface area contributed by atoms with Gasteiger partial charge in [0.05, 0.1) is 0 Å². The van der Waals surface area contributed by atoms with E-state index in [0.29, 0.717) is 5.75 Å². The number of aryl methyl sites for hydroxylation is 2. The third kappa shape index (κ3) is 5.49. The normalized spacial score (nSPS) is 16.4. The van der Waals surface area contributed by atoms with Crippen molar-refractivity contribution in [2.45, 2.75) is 45.8 Å². The predicted molar refractivity (Wildman–Crippen MR) is 112 cm³/mol. The first-order valence-corrected chi connectivity index (χ1v) is 9.91. The van der Waals surface area contributed by atoms with Crippen LogP contribution in [0.2, 0.25) is 0 Å². The Hall–Kier alpha value is -2.53. The van der Waals surface area contributed by atoms with Crippen LogP contribution in [0.1, 0.15) is 30.9 Å². The average Bonchev–Trinajstić information content (AvgIpc) is 2.68. The van der Waals surface area contributed by atoms with Crippen molar-refractivity contribution in [3.63, 3.8) is 0 Å². The van der Waals surface area contributed by atoms with Crippen LogP contribution in [0, 0.1) is 13.8 Å². The van der Waals surface area contributed by atoms with Crippen LogP contribution in [0.15, 0.2) is 42.5 Å². The second-order valence-electron chi connectivity index (χ2n) is 7.64. The molecule has 28 heavy (non-hydrogen) atoms. The van der Waals surface area contributed by atoms with E-state index < -0.39 is 6.10 Å². The van der Waals surface area contributed by atoms with E-state index >= 15 is 0 Å². The second kappa shape index (κ2) is 9.11. The van der Waals surface area contributed by atoms with E-state index in [-0.39, 0.29) is 12.0 Å². The molecular weight excluding hydrogens is 352 g/mol. The molecule has 3 rings (SSSR count). The third-order valence-electron chi connectivity index (χ3n) is 5.25. The molecular formula is C23H30N2O3. The van der Waals surface area contributed by atoms with E-state index in [9.17, 15) is 4.79 Å². The topological polar surface area (TPSA) is 50.8 Å². The minimum absolute atomic E-state index is 0.179. The van der Waals surface area contributed by atoms with Gasteiger partial charge in [-0.3, -0.25) is 4.79 Å². The number of carbonyl (C=O) groups excluding carboxylic acids is 1. The van der Waals surface area contributed by atoms with Crippen molar-refractivity contribution in [3.05, 3.63) is 53.6 Å². The first-order chi connectivity index (χ1) is 13.4. The first kappa shape index (κ1) is 20.2. The molecule has 1 aliphatic heterocycles. The molecule has 1 amide bonds. The SMILES string of the molecule is Cc1ccc(OC(C)C(=O)Nc2ccc(OC3CCN(C)CC3)cc2)cc1C. The van der Waals surface area contributed by atoms with Crippen molar-refractivity contribution >= 4 is 11.6 Å². The number of hydrogen-bond acceptors (Lipinski definition) is 4. The molecule has 0 aromatic heterocycles. The molecule has 5 nitrogen and oxygen atoms in total. The van der Waals surface area contributed by atoms with Crippen molar-refractivity contribution in [2.75, 3.05) is 25.5 Å². The molecule has 0 aliphatic carbocycles. The number of nitrogens with one attached hydrogen (secondary N) is 1. The number of piperidine rings is 1. The van der Waals surface area contributed by atoms with E-state index in [1.807, 2.05) is 49.4 Å². The van der Waals surface area contributed by atoms with Gasteiger partial charge in [-0.2, -0.15) is 0 Å². The van der Waals surface area contributed by atoms with E-state index in [1.165, 1.54) is 5.56 Å². The number of amides is 1. The van der Waals surface area contributed by atoms with Gasteiger partial charge in [-0.15, -0.1) is 0 Å². The minimum atomic E-state index is -0.586. The van der Waals surface area contributed by atoms with Gasteiger partial charge in [-0.05, 0) is 88.2 Å². The van der Waals surface area contributed by atoms with Gasteiger partial charge < -0.3 is 19.7 Å². The number of ether oxygens (including phenoxy) is 2. The van der Waals surface area contributed by atoms with Gasteiger partial charge in [0.15, 0.2) is 6.10 Å². The Balaban J connectivity index is 1.51. The Kier molecular flexibility index (Phi) is 6.57. The minimum Gasteiger partial charge on any atom is -0.490 e. The average molecular weight is 383 g/mol. The van der Waals surface area contributed by atoms with E-state index in [1.54, 1.807) is 6.92 Å². The fraction of sp³-hybridized carbons (Fsp3) is 0.435. The summed E-state index contributed by atoms with van der Waals surface area (Å²) >= 11 is 0. The second-order valence-corrected chi connectivity index (χ2v) is 7.64. The van der Waals surface area contributed by atoms with Crippen molar-refractivity contribution in [3.8, 4) is 11.5 Å². The number of benzene rings is 2. The zero-order valence-corrected chi connectivity index (χ0v) is 17.2. The molecule has 0 bridgehead atoms. The standard InChI is InChI=1S/C23H30N2O3/c1-16-5-8-22(15-17(16)2)27-18(3)23(26)24-19-6-9-20(10-7-19)28-21-11-13-25(4)14-12-21/h5-10,15,18,21H,11-14H2,1-4H3,(H,24,26). The highest BCUT2D eigenvalue weighted by molar-refractivity contribution is 5.94. The summed E-state index contributed by atoms with van der Waals surface area (Å²) in [7, 11) is 2.14. The summed E-state index contributed by atoms with van der Waals surface area (Å²) < 4.78 is 11.8. The molecule has 2 aromatic carbocycles. The number of anilines is 1. The summed E-state index contributed by atoms with van der Waals surface area (Å²) in [4.78, 5) is 14.7. The molecule has 1 heterocycles. The van der Waals surface area contributed by atoms with Gasteiger partial charge in [0, 0.05) is 18.8 Å².